The molecule has 0 spiro atoms. The number of rotatable bonds is 11. The fourth-order valence-electron chi connectivity index (χ4n) is 8.51. The SMILES string of the molecule is O=C(Nc1ccc(-c2cc3c(N4CCOC(c5ccc(-c6cc(NC(=O)Nc7ccc(-c8nc9c(N%10CCOCC%10)ncnc9[nH]8)cc7)on6)cn5)C4)ncnc3[nH]2)cc1)Nc1cc(-c2cccnc2)no1. The zero-order chi connectivity index (χ0) is 48.4. The minimum atomic E-state index is -0.504. The topological polar surface area (TPSA) is 281 Å². The largest absolute Gasteiger partial charge is 0.378 e. The number of ether oxygens (including phenoxy) is 2. The van der Waals surface area contributed by atoms with Crippen LogP contribution >= 0.6 is 0 Å². The number of hydrogen-bond acceptors (Lipinski definition) is 17. The maximum absolute atomic E-state index is 13.0. The van der Waals surface area contributed by atoms with E-state index in [4.69, 9.17) is 28.5 Å². The average molecular weight is 964 g/mol. The molecule has 2 aliphatic rings. The monoisotopic (exact) mass is 963 g/mol. The summed E-state index contributed by atoms with van der Waals surface area (Å²) in [5.74, 6) is 2.53. The van der Waals surface area contributed by atoms with Crippen molar-refractivity contribution in [1.29, 1.82) is 0 Å². The lowest BCUT2D eigenvalue weighted by Gasteiger charge is -2.33. The Bertz CT molecular complexity index is 3540. The summed E-state index contributed by atoms with van der Waals surface area (Å²) in [5, 5.41) is 20.0. The molecule has 0 saturated carbocycles. The van der Waals surface area contributed by atoms with Crippen molar-refractivity contribution in [1.82, 2.24) is 55.2 Å². The van der Waals surface area contributed by atoms with Crippen LogP contribution in [0.5, 0.6) is 0 Å². The number of H-pyrrole nitrogens is 2. The summed E-state index contributed by atoms with van der Waals surface area (Å²) in [6.07, 6.45) is 7.76. The van der Waals surface area contributed by atoms with Crippen LogP contribution in [0.2, 0.25) is 0 Å². The highest BCUT2D eigenvalue weighted by Crippen LogP contribution is 2.33. The fourth-order valence-corrected chi connectivity index (χ4v) is 8.51. The Kier molecular flexibility index (Phi) is 11.6. The Morgan fingerprint density at radius 1 is 0.611 bits per heavy atom. The van der Waals surface area contributed by atoms with E-state index >= 15 is 0 Å². The van der Waals surface area contributed by atoms with Crippen LogP contribution < -0.4 is 31.1 Å². The van der Waals surface area contributed by atoms with Gasteiger partial charge in [0.2, 0.25) is 11.8 Å². The second-order valence-electron chi connectivity index (χ2n) is 16.7. The molecule has 1 atom stereocenters. The van der Waals surface area contributed by atoms with Gasteiger partial charge in [-0.1, -0.05) is 22.4 Å². The van der Waals surface area contributed by atoms with Gasteiger partial charge in [0.15, 0.2) is 17.0 Å². The number of fused-ring (bicyclic) bond motifs is 2. The van der Waals surface area contributed by atoms with Gasteiger partial charge in [-0.2, -0.15) is 0 Å². The number of anilines is 6. The lowest BCUT2D eigenvalue weighted by Crippen LogP contribution is -2.39. The molecule has 23 nitrogen and oxygen atoms in total. The molecule has 0 radical (unpaired) electrons. The maximum Gasteiger partial charge on any atom is 0.326 e. The van der Waals surface area contributed by atoms with Crippen LogP contribution in [0.15, 0.2) is 131 Å². The van der Waals surface area contributed by atoms with Crippen molar-refractivity contribution in [2.24, 2.45) is 0 Å². The van der Waals surface area contributed by atoms with Gasteiger partial charge in [-0.3, -0.25) is 20.6 Å². The summed E-state index contributed by atoms with van der Waals surface area (Å²) >= 11 is 0. The van der Waals surface area contributed by atoms with Gasteiger partial charge in [0.05, 0.1) is 37.4 Å². The summed E-state index contributed by atoms with van der Waals surface area (Å²) in [4.78, 5) is 68.4. The number of pyridine rings is 2. The molecular weight excluding hydrogens is 923 g/mol. The summed E-state index contributed by atoms with van der Waals surface area (Å²) in [6, 6.07) is 26.4. The van der Waals surface area contributed by atoms with Crippen molar-refractivity contribution in [3.63, 3.8) is 0 Å². The number of aromatic amines is 2. The second kappa shape index (κ2) is 19.1. The fraction of sp³-hybridized carbons (Fsp3) is 0.163. The number of morpholine rings is 2. The maximum atomic E-state index is 13.0. The van der Waals surface area contributed by atoms with Crippen molar-refractivity contribution in [3.05, 3.63) is 128 Å². The van der Waals surface area contributed by atoms with Gasteiger partial charge < -0.3 is 48.9 Å². The number of aromatic nitrogens is 11. The van der Waals surface area contributed by atoms with Crippen LogP contribution in [0.3, 0.4) is 0 Å². The zero-order valence-electron chi connectivity index (χ0n) is 37.9. The molecule has 12 rings (SSSR count). The average Bonchev–Trinajstić information content (AvgIpc) is 4.27. The van der Waals surface area contributed by atoms with E-state index in [0.717, 1.165) is 58.2 Å². The third-order valence-electron chi connectivity index (χ3n) is 12.1. The molecule has 2 fully saturated rings. The number of nitrogens with one attached hydrogen (secondary N) is 6. The van der Waals surface area contributed by atoms with E-state index in [1.165, 1.54) is 6.33 Å². The van der Waals surface area contributed by atoms with Crippen LogP contribution in [0, 0.1) is 0 Å². The summed E-state index contributed by atoms with van der Waals surface area (Å²) < 4.78 is 22.4. The van der Waals surface area contributed by atoms with E-state index < -0.39 is 12.1 Å². The molecule has 4 amide bonds. The summed E-state index contributed by atoms with van der Waals surface area (Å²) in [5.41, 5.74) is 8.96. The highest BCUT2D eigenvalue weighted by molar-refractivity contribution is 6.00. The van der Waals surface area contributed by atoms with Crippen LogP contribution in [-0.2, 0) is 9.47 Å². The summed E-state index contributed by atoms with van der Waals surface area (Å²) in [6.45, 7) is 4.31. The van der Waals surface area contributed by atoms with Gasteiger partial charge in [-0.05, 0) is 72.3 Å². The molecule has 6 N–H and O–H groups in total. The number of nitrogens with zero attached hydrogens (tertiary/aromatic N) is 11. The van der Waals surface area contributed by atoms with E-state index in [9.17, 15) is 9.59 Å². The molecule has 1 unspecified atom stereocenters. The van der Waals surface area contributed by atoms with Gasteiger partial charge in [0.25, 0.3) is 0 Å². The van der Waals surface area contributed by atoms with Crippen LogP contribution in [0.4, 0.5) is 44.4 Å². The summed E-state index contributed by atoms with van der Waals surface area (Å²) in [7, 11) is 0. The van der Waals surface area contributed by atoms with E-state index in [0.29, 0.717) is 83.9 Å². The molecule has 0 bridgehead atoms. The molecule has 23 heteroatoms. The first-order valence-electron chi connectivity index (χ1n) is 22.8. The van der Waals surface area contributed by atoms with Gasteiger partial charge in [-0.25, -0.2) is 34.5 Å². The molecule has 8 aromatic heterocycles. The highest BCUT2D eigenvalue weighted by Gasteiger charge is 2.27. The smallest absolute Gasteiger partial charge is 0.326 e. The van der Waals surface area contributed by atoms with Gasteiger partial charge >= 0.3 is 12.1 Å². The van der Waals surface area contributed by atoms with Crippen LogP contribution in [0.1, 0.15) is 11.8 Å². The number of urea groups is 2. The molecule has 10 aromatic rings. The predicted molar refractivity (Wildman–Crippen MR) is 265 cm³/mol. The van der Waals surface area contributed by atoms with Crippen LogP contribution in [0.25, 0.3) is 67.4 Å². The molecule has 72 heavy (non-hydrogen) atoms. The van der Waals surface area contributed by atoms with Crippen molar-refractivity contribution in [2.45, 2.75) is 6.10 Å². The molecule has 2 saturated heterocycles. The van der Waals surface area contributed by atoms with Crippen LogP contribution in [-0.4, -0.2) is 113 Å². The first-order valence-corrected chi connectivity index (χ1v) is 22.8. The van der Waals surface area contributed by atoms with Gasteiger partial charge in [-0.15, -0.1) is 0 Å². The minimum Gasteiger partial charge on any atom is -0.378 e. The predicted octanol–water partition coefficient (Wildman–Crippen LogP) is 7.76. The van der Waals surface area contributed by atoms with E-state index in [1.54, 1.807) is 55.2 Å². The number of benzene rings is 2. The van der Waals surface area contributed by atoms with Crippen molar-refractivity contribution < 1.29 is 28.1 Å². The standard InChI is InChI=1S/C49H41N17O6/c67-48(59-40-21-37(63-71-40)30-2-1-13-50-23-30)56-32-8-3-28(4-9-32)36-20-34-44(58-36)52-26-54-46(34)66-16-19-70-39(25-66)35-12-7-31(24-51-35)38-22-41(72-64-38)60-49(68)57-33-10-5-29(6-11-33)43-61-42-45(62-43)53-27-55-47(42)65-14-17-69-18-15-65/h1-13,20-24,26-27,39H,14-19,25H2,(H,52,54,58)(H2,56,59,67)(H2,57,60,68)(H,53,55,61,62). The third-order valence-corrected chi connectivity index (χ3v) is 12.1. The van der Waals surface area contributed by atoms with E-state index in [2.05, 4.69) is 76.3 Å². The lowest BCUT2D eigenvalue weighted by atomic mass is 10.1. The molecule has 2 aliphatic heterocycles. The third kappa shape index (κ3) is 9.17. The Labute approximate surface area is 407 Å². The zero-order valence-corrected chi connectivity index (χ0v) is 37.9. The number of amides is 4. The Balaban J connectivity index is 0.647. The number of carbonyl (C=O) groups is 2. The van der Waals surface area contributed by atoms with Gasteiger partial charge in [0, 0.05) is 84.1 Å². The first kappa shape index (κ1) is 43.7. The minimum absolute atomic E-state index is 0.160. The number of imidazole rings is 1. The number of carbonyl (C=O) groups excluding carboxylic acids is 2. The van der Waals surface area contributed by atoms with E-state index in [-0.39, 0.29) is 17.9 Å². The molecular formula is C49H41N17O6. The Hall–Kier alpha value is -9.61. The highest BCUT2D eigenvalue weighted by atomic mass is 16.5. The molecule has 358 valence electrons. The first-order chi connectivity index (χ1) is 35.4. The van der Waals surface area contributed by atoms with Crippen molar-refractivity contribution >= 4 is 69.0 Å². The van der Waals surface area contributed by atoms with E-state index in [1.807, 2.05) is 60.7 Å². The number of hydrogen-bond donors (Lipinski definition) is 6. The van der Waals surface area contributed by atoms with Gasteiger partial charge in [0.1, 0.15) is 47.4 Å². The van der Waals surface area contributed by atoms with Crippen molar-refractivity contribution in [2.75, 3.05) is 77.1 Å². The normalized spacial score (nSPS) is 14.9. The quantitative estimate of drug-likeness (QED) is 0.0722. The lowest BCUT2D eigenvalue weighted by molar-refractivity contribution is 0.0369. The second-order valence-corrected chi connectivity index (χ2v) is 16.7. The Morgan fingerprint density at radius 2 is 1.26 bits per heavy atom. The molecule has 0 aliphatic carbocycles. The molecule has 10 heterocycles. The van der Waals surface area contributed by atoms with Crippen molar-refractivity contribution in [3.8, 4) is 45.2 Å². The Morgan fingerprint density at radius 3 is 1.94 bits per heavy atom. The molecule has 2 aromatic carbocycles.